The molecule has 0 radical (unpaired) electrons. The van der Waals surface area contributed by atoms with Crippen molar-refractivity contribution in [2.75, 3.05) is 5.73 Å². The van der Waals surface area contributed by atoms with Crippen LogP contribution in [0.5, 0.6) is 0 Å². The lowest BCUT2D eigenvalue weighted by atomic mass is 10.3. The molecule has 0 heterocycles. The molecule has 0 saturated heterocycles. The largest absolute Gasteiger partial charge is 0.394 e. The standard InChI is InChI=1S/C11H14F2N2O2S/c12-8-5-6-9(10(13)11(8)14)18(16,17)15-7-3-1-2-4-7/h5-7,15H,1-4,14H2. The zero-order valence-electron chi connectivity index (χ0n) is 9.62. The summed E-state index contributed by atoms with van der Waals surface area (Å²) in [6, 6.07) is 1.56. The summed E-state index contributed by atoms with van der Waals surface area (Å²) >= 11 is 0. The van der Waals surface area contributed by atoms with Gasteiger partial charge in [-0.1, -0.05) is 12.8 Å². The number of anilines is 1. The van der Waals surface area contributed by atoms with E-state index in [-0.39, 0.29) is 6.04 Å². The molecule has 1 aromatic carbocycles. The summed E-state index contributed by atoms with van der Waals surface area (Å²) in [5.41, 5.74) is 4.37. The molecule has 0 spiro atoms. The monoisotopic (exact) mass is 276 g/mol. The number of hydrogen-bond donors (Lipinski definition) is 2. The zero-order chi connectivity index (χ0) is 13.3. The van der Waals surface area contributed by atoms with Gasteiger partial charge >= 0.3 is 0 Å². The second kappa shape index (κ2) is 4.81. The lowest BCUT2D eigenvalue weighted by Gasteiger charge is -2.13. The van der Waals surface area contributed by atoms with E-state index in [1.54, 1.807) is 0 Å². The molecule has 18 heavy (non-hydrogen) atoms. The third-order valence-electron chi connectivity index (χ3n) is 3.06. The van der Waals surface area contributed by atoms with Crippen LogP contribution in [0.1, 0.15) is 25.7 Å². The fraction of sp³-hybridized carbons (Fsp3) is 0.455. The highest BCUT2D eigenvalue weighted by Gasteiger charge is 2.26. The van der Waals surface area contributed by atoms with Gasteiger partial charge in [0.15, 0.2) is 5.82 Å². The Kier molecular flexibility index (Phi) is 3.54. The normalized spacial score (nSPS) is 17.2. The first kappa shape index (κ1) is 13.2. The Labute approximate surface area is 104 Å². The average Bonchev–Trinajstić information content (AvgIpc) is 2.77. The molecular formula is C11H14F2N2O2S. The van der Waals surface area contributed by atoms with Crippen molar-refractivity contribution in [1.29, 1.82) is 0 Å². The fourth-order valence-corrected chi connectivity index (χ4v) is 3.48. The van der Waals surface area contributed by atoms with Gasteiger partial charge in [-0.25, -0.2) is 21.9 Å². The van der Waals surface area contributed by atoms with E-state index >= 15 is 0 Å². The smallest absolute Gasteiger partial charge is 0.243 e. The summed E-state index contributed by atoms with van der Waals surface area (Å²) < 4.78 is 52.9. The molecule has 0 amide bonds. The Hall–Kier alpha value is -1.21. The van der Waals surface area contributed by atoms with Crippen molar-refractivity contribution in [3.8, 4) is 0 Å². The van der Waals surface area contributed by atoms with Crippen molar-refractivity contribution >= 4 is 15.7 Å². The molecule has 1 aliphatic rings. The third-order valence-corrected chi connectivity index (χ3v) is 4.60. The zero-order valence-corrected chi connectivity index (χ0v) is 10.4. The highest BCUT2D eigenvalue weighted by molar-refractivity contribution is 7.89. The summed E-state index contributed by atoms with van der Waals surface area (Å²) in [5.74, 6) is -2.20. The maximum Gasteiger partial charge on any atom is 0.243 e. The Balaban J connectivity index is 2.32. The summed E-state index contributed by atoms with van der Waals surface area (Å²) in [5, 5.41) is 0. The number of halogens is 2. The van der Waals surface area contributed by atoms with Crippen molar-refractivity contribution in [2.45, 2.75) is 36.6 Å². The van der Waals surface area contributed by atoms with Gasteiger partial charge in [0.2, 0.25) is 10.0 Å². The molecule has 0 unspecified atom stereocenters. The molecular weight excluding hydrogens is 262 g/mol. The Bertz CT molecular complexity index is 554. The van der Waals surface area contributed by atoms with Crippen molar-refractivity contribution in [3.05, 3.63) is 23.8 Å². The minimum Gasteiger partial charge on any atom is -0.394 e. The van der Waals surface area contributed by atoms with Crippen LogP contribution in [0.25, 0.3) is 0 Å². The van der Waals surface area contributed by atoms with E-state index < -0.39 is 32.2 Å². The van der Waals surface area contributed by atoms with Crippen LogP contribution in [0.3, 0.4) is 0 Å². The Morgan fingerprint density at radius 3 is 2.44 bits per heavy atom. The molecule has 1 fully saturated rings. The van der Waals surface area contributed by atoms with Gasteiger partial charge in [0, 0.05) is 6.04 Å². The molecule has 3 N–H and O–H groups in total. The van der Waals surface area contributed by atoms with E-state index in [0.717, 1.165) is 37.8 Å². The second-order valence-corrected chi connectivity index (χ2v) is 6.06. The predicted octanol–water partition coefficient (Wildman–Crippen LogP) is 1.77. The molecule has 100 valence electrons. The molecule has 7 heteroatoms. The van der Waals surface area contributed by atoms with Gasteiger partial charge in [-0.15, -0.1) is 0 Å². The highest BCUT2D eigenvalue weighted by atomic mass is 32.2. The minimum absolute atomic E-state index is 0.180. The predicted molar refractivity (Wildman–Crippen MR) is 63.3 cm³/mol. The molecule has 1 aliphatic carbocycles. The van der Waals surface area contributed by atoms with Crippen molar-refractivity contribution < 1.29 is 17.2 Å². The first-order valence-corrected chi connectivity index (χ1v) is 7.16. The van der Waals surface area contributed by atoms with E-state index in [0.29, 0.717) is 0 Å². The quantitative estimate of drug-likeness (QED) is 0.826. The number of rotatable bonds is 3. The number of sulfonamides is 1. The molecule has 1 saturated carbocycles. The van der Waals surface area contributed by atoms with Crippen LogP contribution in [0.15, 0.2) is 17.0 Å². The van der Waals surface area contributed by atoms with Crippen LogP contribution in [-0.2, 0) is 10.0 Å². The highest BCUT2D eigenvalue weighted by Crippen LogP contribution is 2.25. The first-order chi connectivity index (χ1) is 8.42. The maximum atomic E-state index is 13.6. The maximum absolute atomic E-state index is 13.6. The Morgan fingerprint density at radius 1 is 1.22 bits per heavy atom. The van der Waals surface area contributed by atoms with E-state index in [1.807, 2.05) is 0 Å². The molecule has 0 bridgehead atoms. The van der Waals surface area contributed by atoms with E-state index in [4.69, 9.17) is 5.73 Å². The Morgan fingerprint density at radius 2 is 1.83 bits per heavy atom. The second-order valence-electron chi connectivity index (χ2n) is 4.38. The van der Waals surface area contributed by atoms with Crippen LogP contribution in [0, 0.1) is 11.6 Å². The summed E-state index contributed by atoms with van der Waals surface area (Å²) in [6.45, 7) is 0. The van der Waals surface area contributed by atoms with Crippen LogP contribution in [0.2, 0.25) is 0 Å². The molecule has 0 aromatic heterocycles. The fourth-order valence-electron chi connectivity index (χ4n) is 2.08. The number of nitrogens with one attached hydrogen (secondary N) is 1. The first-order valence-electron chi connectivity index (χ1n) is 5.67. The van der Waals surface area contributed by atoms with E-state index in [9.17, 15) is 17.2 Å². The molecule has 1 aromatic rings. The van der Waals surface area contributed by atoms with Crippen molar-refractivity contribution in [3.63, 3.8) is 0 Å². The van der Waals surface area contributed by atoms with Crippen molar-refractivity contribution in [2.24, 2.45) is 0 Å². The topological polar surface area (TPSA) is 72.2 Å². The van der Waals surface area contributed by atoms with Gasteiger partial charge < -0.3 is 5.73 Å². The van der Waals surface area contributed by atoms with Gasteiger partial charge in [-0.05, 0) is 25.0 Å². The van der Waals surface area contributed by atoms with Gasteiger partial charge in [0.1, 0.15) is 16.4 Å². The van der Waals surface area contributed by atoms with Gasteiger partial charge in [-0.3, -0.25) is 0 Å². The van der Waals surface area contributed by atoms with Crippen LogP contribution in [-0.4, -0.2) is 14.5 Å². The number of benzene rings is 1. The summed E-state index contributed by atoms with van der Waals surface area (Å²) in [4.78, 5) is -0.603. The SMILES string of the molecule is Nc1c(F)ccc(S(=O)(=O)NC2CCCC2)c1F. The molecule has 0 aliphatic heterocycles. The van der Waals surface area contributed by atoms with Crippen LogP contribution < -0.4 is 10.5 Å². The lowest BCUT2D eigenvalue weighted by molar-refractivity contribution is 0.532. The van der Waals surface area contributed by atoms with Crippen LogP contribution in [0.4, 0.5) is 14.5 Å². The van der Waals surface area contributed by atoms with E-state index in [1.165, 1.54) is 0 Å². The molecule has 2 rings (SSSR count). The molecule has 4 nitrogen and oxygen atoms in total. The summed E-state index contributed by atoms with van der Waals surface area (Å²) in [6.07, 6.45) is 3.36. The number of nitrogens with two attached hydrogens (primary N) is 1. The van der Waals surface area contributed by atoms with Gasteiger partial charge in [0.25, 0.3) is 0 Å². The van der Waals surface area contributed by atoms with Gasteiger partial charge in [-0.2, -0.15) is 0 Å². The van der Waals surface area contributed by atoms with Gasteiger partial charge in [0.05, 0.1) is 0 Å². The third kappa shape index (κ3) is 2.46. The summed E-state index contributed by atoms with van der Waals surface area (Å²) in [7, 11) is -3.99. The lowest BCUT2D eigenvalue weighted by Crippen LogP contribution is -2.33. The minimum atomic E-state index is -3.99. The van der Waals surface area contributed by atoms with E-state index in [2.05, 4.69) is 4.72 Å². The molecule has 0 atom stereocenters. The van der Waals surface area contributed by atoms with Crippen molar-refractivity contribution in [1.82, 2.24) is 4.72 Å². The number of nitrogen functional groups attached to an aromatic ring is 1. The number of hydrogen-bond acceptors (Lipinski definition) is 3. The van der Waals surface area contributed by atoms with Crippen LogP contribution >= 0.6 is 0 Å². The average molecular weight is 276 g/mol.